The van der Waals surface area contributed by atoms with E-state index in [0.717, 1.165) is 25.8 Å². The zero-order valence-electron chi connectivity index (χ0n) is 13.6. The van der Waals surface area contributed by atoms with Gasteiger partial charge in [-0.25, -0.2) is 8.42 Å². The molecule has 2 heterocycles. The number of carbonyl (C=O) groups is 1. The van der Waals surface area contributed by atoms with Gasteiger partial charge in [0.25, 0.3) is 0 Å². The molecule has 0 saturated carbocycles. The van der Waals surface area contributed by atoms with Gasteiger partial charge in [0.1, 0.15) is 6.04 Å². The number of aromatic nitrogens is 2. The molecule has 1 atom stereocenters. The SMILES string of the molecule is CCCCS(=O)(=O)N1CCCC1C(=O)NCCCn1cccn1. The molecule has 0 spiro atoms. The predicted octanol–water partition coefficient (Wildman–Crippen LogP) is 0.984. The second kappa shape index (κ2) is 8.44. The van der Waals surface area contributed by atoms with E-state index in [-0.39, 0.29) is 11.7 Å². The standard InChI is InChI=1S/C15H26N4O3S/c1-2-3-13-23(21,22)19-12-4-7-14(19)15(20)16-8-5-10-18-11-6-9-17-18/h6,9,11,14H,2-5,7-8,10,12-13H2,1H3,(H,16,20). The third-order valence-electron chi connectivity index (χ3n) is 4.04. The molecule has 1 fully saturated rings. The van der Waals surface area contributed by atoms with Gasteiger partial charge in [-0.15, -0.1) is 0 Å². The molecule has 0 aromatic carbocycles. The van der Waals surface area contributed by atoms with Crippen molar-refractivity contribution in [1.29, 1.82) is 0 Å². The largest absolute Gasteiger partial charge is 0.355 e. The summed E-state index contributed by atoms with van der Waals surface area (Å²) in [6.45, 7) is 3.68. The summed E-state index contributed by atoms with van der Waals surface area (Å²) in [5.41, 5.74) is 0. The van der Waals surface area contributed by atoms with Gasteiger partial charge in [0.15, 0.2) is 0 Å². The zero-order chi connectivity index (χ0) is 16.7. The summed E-state index contributed by atoms with van der Waals surface area (Å²) in [4.78, 5) is 12.3. The molecule has 0 bridgehead atoms. The van der Waals surface area contributed by atoms with Gasteiger partial charge in [-0.2, -0.15) is 9.40 Å². The molecule has 1 aliphatic heterocycles. The van der Waals surface area contributed by atoms with Crippen molar-refractivity contribution in [3.8, 4) is 0 Å². The second-order valence-electron chi connectivity index (χ2n) is 5.85. The highest BCUT2D eigenvalue weighted by Gasteiger charge is 2.37. The van der Waals surface area contributed by atoms with E-state index in [1.807, 2.05) is 23.9 Å². The number of rotatable bonds is 9. The van der Waals surface area contributed by atoms with Crippen LogP contribution in [-0.4, -0.2) is 53.3 Å². The number of aryl methyl sites for hydroxylation is 1. The van der Waals surface area contributed by atoms with Crippen LogP contribution in [0.3, 0.4) is 0 Å². The summed E-state index contributed by atoms with van der Waals surface area (Å²) in [7, 11) is -3.32. The van der Waals surface area contributed by atoms with Gasteiger partial charge in [-0.3, -0.25) is 9.48 Å². The van der Waals surface area contributed by atoms with Crippen molar-refractivity contribution >= 4 is 15.9 Å². The molecule has 1 aromatic heterocycles. The number of hydrogen-bond acceptors (Lipinski definition) is 4. The lowest BCUT2D eigenvalue weighted by molar-refractivity contribution is -0.124. The molecule has 23 heavy (non-hydrogen) atoms. The normalized spacial score (nSPS) is 19.1. The van der Waals surface area contributed by atoms with E-state index in [1.54, 1.807) is 6.20 Å². The van der Waals surface area contributed by atoms with Crippen LogP contribution >= 0.6 is 0 Å². The Morgan fingerprint density at radius 1 is 1.39 bits per heavy atom. The molecule has 8 heteroatoms. The first kappa shape index (κ1) is 17.9. The summed E-state index contributed by atoms with van der Waals surface area (Å²) in [5, 5.41) is 6.96. The van der Waals surface area contributed by atoms with Crippen LogP contribution in [0.1, 0.15) is 39.0 Å². The fourth-order valence-corrected chi connectivity index (χ4v) is 4.67. The van der Waals surface area contributed by atoms with Crippen molar-refractivity contribution in [3.05, 3.63) is 18.5 Å². The number of nitrogens with one attached hydrogen (secondary N) is 1. The van der Waals surface area contributed by atoms with E-state index >= 15 is 0 Å². The third-order valence-corrected chi connectivity index (χ3v) is 6.00. The van der Waals surface area contributed by atoms with Crippen LogP contribution in [0.15, 0.2) is 18.5 Å². The lowest BCUT2D eigenvalue weighted by atomic mass is 10.2. The average molecular weight is 342 g/mol. The molecular formula is C15H26N4O3S. The summed E-state index contributed by atoms with van der Waals surface area (Å²) < 4.78 is 27.9. The molecule has 1 aliphatic rings. The number of amides is 1. The summed E-state index contributed by atoms with van der Waals surface area (Å²) >= 11 is 0. The van der Waals surface area contributed by atoms with Crippen molar-refractivity contribution in [2.45, 2.75) is 51.6 Å². The molecule has 130 valence electrons. The molecule has 1 N–H and O–H groups in total. The van der Waals surface area contributed by atoms with E-state index in [2.05, 4.69) is 10.4 Å². The quantitative estimate of drug-likeness (QED) is 0.678. The highest BCUT2D eigenvalue weighted by molar-refractivity contribution is 7.89. The first-order valence-corrected chi connectivity index (χ1v) is 9.90. The van der Waals surface area contributed by atoms with E-state index in [1.165, 1.54) is 4.31 Å². The van der Waals surface area contributed by atoms with E-state index < -0.39 is 16.1 Å². The van der Waals surface area contributed by atoms with E-state index in [4.69, 9.17) is 0 Å². The lowest BCUT2D eigenvalue weighted by Gasteiger charge is -2.23. The predicted molar refractivity (Wildman–Crippen MR) is 88.3 cm³/mol. The molecule has 1 unspecified atom stereocenters. The average Bonchev–Trinajstić information content (AvgIpc) is 3.20. The Balaban J connectivity index is 1.80. The minimum atomic E-state index is -3.32. The maximum Gasteiger partial charge on any atom is 0.238 e. The topological polar surface area (TPSA) is 84.3 Å². The monoisotopic (exact) mass is 342 g/mol. The van der Waals surface area contributed by atoms with Gasteiger partial charge >= 0.3 is 0 Å². The van der Waals surface area contributed by atoms with E-state index in [0.29, 0.717) is 25.9 Å². The minimum absolute atomic E-state index is 0.132. The maximum absolute atomic E-state index is 12.3. The number of nitrogens with zero attached hydrogens (tertiary/aromatic N) is 3. The van der Waals surface area contributed by atoms with Crippen LogP contribution in [0.2, 0.25) is 0 Å². The molecule has 0 radical (unpaired) electrons. The van der Waals surface area contributed by atoms with Crippen molar-refractivity contribution in [2.75, 3.05) is 18.8 Å². The number of unbranched alkanes of at least 4 members (excludes halogenated alkanes) is 1. The molecule has 1 aromatic rings. The van der Waals surface area contributed by atoms with E-state index in [9.17, 15) is 13.2 Å². The van der Waals surface area contributed by atoms with Gasteiger partial charge in [-0.05, 0) is 31.7 Å². The van der Waals surface area contributed by atoms with Crippen LogP contribution in [0, 0.1) is 0 Å². The van der Waals surface area contributed by atoms with Crippen LogP contribution in [0.5, 0.6) is 0 Å². The van der Waals surface area contributed by atoms with Crippen LogP contribution in [0.4, 0.5) is 0 Å². The van der Waals surface area contributed by atoms with Gasteiger partial charge < -0.3 is 5.32 Å². The first-order chi connectivity index (χ1) is 11.0. The van der Waals surface area contributed by atoms with Crippen LogP contribution in [-0.2, 0) is 21.4 Å². The van der Waals surface area contributed by atoms with Gasteiger partial charge in [0.2, 0.25) is 15.9 Å². The van der Waals surface area contributed by atoms with Gasteiger partial charge in [0.05, 0.1) is 5.75 Å². The summed E-state index contributed by atoms with van der Waals surface area (Å²) in [6.07, 6.45) is 7.18. The van der Waals surface area contributed by atoms with Gasteiger partial charge in [0, 0.05) is 32.0 Å². The molecule has 7 nitrogen and oxygen atoms in total. The first-order valence-electron chi connectivity index (χ1n) is 8.29. The van der Waals surface area contributed by atoms with Crippen LogP contribution in [0.25, 0.3) is 0 Å². The molecular weight excluding hydrogens is 316 g/mol. The Bertz CT molecular complexity index is 586. The Labute approximate surface area is 138 Å². The second-order valence-corrected chi connectivity index (χ2v) is 7.89. The fourth-order valence-electron chi connectivity index (χ4n) is 2.78. The van der Waals surface area contributed by atoms with Crippen molar-refractivity contribution in [1.82, 2.24) is 19.4 Å². The minimum Gasteiger partial charge on any atom is -0.355 e. The highest BCUT2D eigenvalue weighted by atomic mass is 32.2. The molecule has 1 amide bonds. The third kappa shape index (κ3) is 5.04. The van der Waals surface area contributed by atoms with Crippen LogP contribution < -0.4 is 5.32 Å². The summed E-state index contributed by atoms with van der Waals surface area (Å²) in [6, 6.07) is 1.32. The summed E-state index contributed by atoms with van der Waals surface area (Å²) in [5.74, 6) is -0.0462. The molecule has 2 rings (SSSR count). The number of carbonyl (C=O) groups excluding carboxylic acids is 1. The van der Waals surface area contributed by atoms with Gasteiger partial charge in [-0.1, -0.05) is 13.3 Å². The zero-order valence-corrected chi connectivity index (χ0v) is 14.5. The van der Waals surface area contributed by atoms with Crippen molar-refractivity contribution < 1.29 is 13.2 Å². The van der Waals surface area contributed by atoms with Crippen molar-refractivity contribution in [3.63, 3.8) is 0 Å². The number of hydrogen-bond donors (Lipinski definition) is 1. The smallest absolute Gasteiger partial charge is 0.238 e. The Hall–Kier alpha value is -1.41. The fraction of sp³-hybridized carbons (Fsp3) is 0.733. The lowest BCUT2D eigenvalue weighted by Crippen LogP contribution is -2.46. The maximum atomic E-state index is 12.3. The van der Waals surface area contributed by atoms with Crippen molar-refractivity contribution in [2.24, 2.45) is 0 Å². The Morgan fingerprint density at radius 2 is 2.22 bits per heavy atom. The molecule has 1 saturated heterocycles. The highest BCUT2D eigenvalue weighted by Crippen LogP contribution is 2.22. The Morgan fingerprint density at radius 3 is 2.91 bits per heavy atom. The Kier molecular flexibility index (Phi) is 6.59. The molecule has 0 aliphatic carbocycles. The number of sulfonamides is 1.